The molecule has 0 bridgehead atoms. The monoisotopic (exact) mass is 402 g/mol. The zero-order valence-corrected chi connectivity index (χ0v) is 15.8. The molecule has 1 saturated heterocycles. The zero-order valence-electron chi connectivity index (χ0n) is 15.8. The first-order chi connectivity index (χ1) is 13.2. The summed E-state index contributed by atoms with van der Waals surface area (Å²) >= 11 is 0. The Hall–Kier alpha value is -2.19. The van der Waals surface area contributed by atoms with Crippen LogP contribution < -0.4 is 21.3 Å². The number of amides is 1. The fraction of sp³-hybridized carbons (Fsp3) is 0.632. The van der Waals surface area contributed by atoms with E-state index in [0.29, 0.717) is 35.6 Å². The fourth-order valence-corrected chi connectivity index (χ4v) is 4.03. The lowest BCUT2D eigenvalue weighted by molar-refractivity contribution is -0.182. The summed E-state index contributed by atoms with van der Waals surface area (Å²) in [5, 5.41) is 5.80. The van der Waals surface area contributed by atoms with Crippen LogP contribution >= 0.6 is 0 Å². The van der Waals surface area contributed by atoms with Crippen LogP contribution in [0.15, 0.2) is 12.1 Å². The van der Waals surface area contributed by atoms with Gasteiger partial charge >= 0.3 is 6.18 Å². The third-order valence-corrected chi connectivity index (χ3v) is 5.68. The molecule has 1 amide bonds. The highest BCUT2D eigenvalue weighted by atomic mass is 19.4. The summed E-state index contributed by atoms with van der Waals surface area (Å²) < 4.78 is 52.2. The van der Waals surface area contributed by atoms with Gasteiger partial charge in [-0.05, 0) is 44.2 Å². The van der Waals surface area contributed by atoms with E-state index in [1.54, 1.807) is 24.1 Å². The summed E-state index contributed by atoms with van der Waals surface area (Å²) in [4.78, 5) is 14.7. The maximum atomic E-state index is 13.7. The van der Waals surface area contributed by atoms with E-state index in [-0.39, 0.29) is 44.2 Å². The lowest BCUT2D eigenvalue weighted by atomic mass is 9.85. The number of halogens is 4. The first-order valence-electron chi connectivity index (χ1n) is 9.57. The van der Waals surface area contributed by atoms with E-state index in [0.717, 1.165) is 0 Å². The standard InChI is InChI=1S/C19H26F4N4O/c1-25-16-9-17(27-7-6-12(20)10-27)14(8-15(16)24)18(28)26-13-4-2-11(3-5-13)19(21,22)23/h8-9,11-13,25H,2-7,10,24H2,1H3,(H,26,28)/t11?,12-,13?/m1/s1. The van der Waals surface area contributed by atoms with Crippen LogP contribution in [0.1, 0.15) is 42.5 Å². The quantitative estimate of drug-likeness (QED) is 0.531. The molecule has 2 aliphatic rings. The average molecular weight is 402 g/mol. The molecule has 0 radical (unpaired) electrons. The maximum Gasteiger partial charge on any atom is 0.391 e. The van der Waals surface area contributed by atoms with E-state index in [2.05, 4.69) is 10.6 Å². The predicted octanol–water partition coefficient (Wildman–Crippen LogP) is 3.71. The lowest BCUT2D eigenvalue weighted by Crippen LogP contribution is -2.40. The first-order valence-corrected chi connectivity index (χ1v) is 9.57. The number of hydrogen-bond acceptors (Lipinski definition) is 4. The Balaban J connectivity index is 1.75. The number of nitrogens with two attached hydrogens (primary N) is 1. The Kier molecular flexibility index (Phi) is 5.90. The van der Waals surface area contributed by atoms with E-state index >= 15 is 0 Å². The molecule has 1 atom stereocenters. The number of rotatable bonds is 4. The fourth-order valence-electron chi connectivity index (χ4n) is 4.03. The third-order valence-electron chi connectivity index (χ3n) is 5.68. The summed E-state index contributed by atoms with van der Waals surface area (Å²) in [7, 11) is 1.70. The van der Waals surface area contributed by atoms with Crippen LogP contribution in [0.25, 0.3) is 0 Å². The summed E-state index contributed by atoms with van der Waals surface area (Å²) in [5.41, 5.74) is 7.93. The van der Waals surface area contributed by atoms with E-state index in [9.17, 15) is 22.4 Å². The molecule has 1 aromatic rings. The van der Waals surface area contributed by atoms with Crippen LogP contribution in [0.3, 0.4) is 0 Å². The highest BCUT2D eigenvalue weighted by Gasteiger charge is 2.41. The van der Waals surface area contributed by atoms with Gasteiger partial charge in [-0.2, -0.15) is 13.2 Å². The molecule has 156 valence electrons. The van der Waals surface area contributed by atoms with E-state index < -0.39 is 18.3 Å². The van der Waals surface area contributed by atoms with Gasteiger partial charge in [0, 0.05) is 26.2 Å². The molecule has 5 nitrogen and oxygen atoms in total. The molecule has 1 aliphatic heterocycles. The van der Waals surface area contributed by atoms with Crippen molar-refractivity contribution in [3.8, 4) is 0 Å². The second-order valence-corrected chi connectivity index (χ2v) is 7.60. The minimum absolute atomic E-state index is 0.0117. The molecule has 4 N–H and O–H groups in total. The van der Waals surface area contributed by atoms with Crippen LogP contribution in [0, 0.1) is 5.92 Å². The molecule has 1 heterocycles. The Morgan fingerprint density at radius 2 is 1.86 bits per heavy atom. The first kappa shape index (κ1) is 20.5. The Labute approximate surface area is 161 Å². The molecule has 0 unspecified atom stereocenters. The number of anilines is 3. The van der Waals surface area contributed by atoms with Gasteiger partial charge in [0.25, 0.3) is 5.91 Å². The molecule has 3 rings (SSSR count). The summed E-state index contributed by atoms with van der Waals surface area (Å²) in [6, 6.07) is 2.96. The number of benzene rings is 1. The van der Waals surface area contributed by atoms with Crippen molar-refractivity contribution in [2.75, 3.05) is 36.1 Å². The van der Waals surface area contributed by atoms with Crippen molar-refractivity contribution in [1.82, 2.24) is 5.32 Å². The molecule has 0 spiro atoms. The SMILES string of the molecule is CNc1cc(N2CC[C@@H](F)C2)c(C(=O)NC2CCC(C(F)(F)F)CC2)cc1N. The van der Waals surface area contributed by atoms with Gasteiger partial charge < -0.3 is 21.3 Å². The Morgan fingerprint density at radius 1 is 1.18 bits per heavy atom. The molecular formula is C19H26F4N4O. The van der Waals surface area contributed by atoms with E-state index in [4.69, 9.17) is 5.73 Å². The van der Waals surface area contributed by atoms with E-state index in [1.165, 1.54) is 0 Å². The largest absolute Gasteiger partial charge is 0.397 e. The number of hydrogen-bond donors (Lipinski definition) is 3. The molecule has 2 fully saturated rings. The van der Waals surface area contributed by atoms with Gasteiger partial charge in [-0.3, -0.25) is 4.79 Å². The van der Waals surface area contributed by atoms with Crippen LogP contribution in [-0.4, -0.2) is 44.4 Å². The minimum Gasteiger partial charge on any atom is -0.397 e. The smallest absolute Gasteiger partial charge is 0.391 e. The Morgan fingerprint density at radius 3 is 2.39 bits per heavy atom. The molecule has 0 aromatic heterocycles. The van der Waals surface area contributed by atoms with Gasteiger partial charge in [0.05, 0.1) is 28.5 Å². The maximum absolute atomic E-state index is 13.7. The molecule has 1 aliphatic carbocycles. The van der Waals surface area contributed by atoms with Crippen LogP contribution in [0.4, 0.5) is 34.6 Å². The summed E-state index contributed by atoms with van der Waals surface area (Å²) in [5.74, 6) is -1.69. The van der Waals surface area contributed by atoms with Crippen molar-refractivity contribution in [2.24, 2.45) is 5.92 Å². The highest BCUT2D eigenvalue weighted by Crippen LogP contribution is 2.38. The van der Waals surface area contributed by atoms with E-state index in [1.807, 2.05) is 0 Å². The van der Waals surface area contributed by atoms with Crippen molar-refractivity contribution >= 4 is 23.0 Å². The number of carbonyl (C=O) groups excluding carboxylic acids is 1. The minimum atomic E-state index is -4.18. The van der Waals surface area contributed by atoms with Gasteiger partial charge in [0.15, 0.2) is 0 Å². The van der Waals surface area contributed by atoms with Crippen molar-refractivity contribution in [3.05, 3.63) is 17.7 Å². The third kappa shape index (κ3) is 4.44. The second-order valence-electron chi connectivity index (χ2n) is 7.60. The van der Waals surface area contributed by atoms with Gasteiger partial charge in [-0.1, -0.05) is 0 Å². The van der Waals surface area contributed by atoms with Crippen molar-refractivity contribution in [3.63, 3.8) is 0 Å². The van der Waals surface area contributed by atoms with Crippen LogP contribution in [0.2, 0.25) is 0 Å². The zero-order chi connectivity index (χ0) is 20.5. The number of carbonyl (C=O) groups is 1. The second kappa shape index (κ2) is 8.05. The van der Waals surface area contributed by atoms with Crippen LogP contribution in [-0.2, 0) is 0 Å². The number of nitrogen functional groups attached to an aromatic ring is 1. The van der Waals surface area contributed by atoms with Gasteiger partial charge in [0.2, 0.25) is 0 Å². The molecule has 9 heteroatoms. The van der Waals surface area contributed by atoms with Gasteiger partial charge in [0.1, 0.15) is 6.17 Å². The average Bonchev–Trinajstić information content (AvgIpc) is 3.07. The molecule has 1 aromatic carbocycles. The number of nitrogens with zero attached hydrogens (tertiary/aromatic N) is 1. The van der Waals surface area contributed by atoms with Gasteiger partial charge in [-0.25, -0.2) is 4.39 Å². The molecule has 28 heavy (non-hydrogen) atoms. The number of alkyl halides is 4. The topological polar surface area (TPSA) is 70.4 Å². The molecule has 1 saturated carbocycles. The van der Waals surface area contributed by atoms with Crippen LogP contribution in [0.5, 0.6) is 0 Å². The summed E-state index contributed by atoms with van der Waals surface area (Å²) in [6.45, 7) is 0.690. The normalized spacial score (nSPS) is 25.6. The summed E-state index contributed by atoms with van der Waals surface area (Å²) in [6.07, 6.45) is -4.16. The van der Waals surface area contributed by atoms with Crippen molar-refractivity contribution in [1.29, 1.82) is 0 Å². The Bertz CT molecular complexity index is 717. The van der Waals surface area contributed by atoms with Crippen molar-refractivity contribution in [2.45, 2.75) is 50.5 Å². The lowest BCUT2D eigenvalue weighted by Gasteiger charge is -2.31. The van der Waals surface area contributed by atoms with Gasteiger partial charge in [-0.15, -0.1) is 0 Å². The highest BCUT2D eigenvalue weighted by molar-refractivity contribution is 6.02. The predicted molar refractivity (Wildman–Crippen MR) is 101 cm³/mol. The number of nitrogens with one attached hydrogen (secondary N) is 2. The van der Waals surface area contributed by atoms with Crippen molar-refractivity contribution < 1.29 is 22.4 Å². The molecular weight excluding hydrogens is 376 g/mol.